The largest absolute Gasteiger partial charge is 0.352 e. The van der Waals surface area contributed by atoms with Crippen LogP contribution in [-0.4, -0.2) is 50.0 Å². The fourth-order valence-corrected chi connectivity index (χ4v) is 5.46. The van der Waals surface area contributed by atoms with Crippen LogP contribution in [0, 0.1) is 5.82 Å². The van der Waals surface area contributed by atoms with Crippen molar-refractivity contribution in [2.45, 2.75) is 57.7 Å². The summed E-state index contributed by atoms with van der Waals surface area (Å²) in [5, 5.41) is 3.42. The molecule has 0 saturated heterocycles. The molecular formula is C25H30Cl2FN3O4S. The predicted molar refractivity (Wildman–Crippen MR) is 140 cm³/mol. The molecule has 1 N–H and O–H groups in total. The van der Waals surface area contributed by atoms with E-state index in [-0.39, 0.29) is 34.2 Å². The van der Waals surface area contributed by atoms with Crippen LogP contribution in [0.4, 0.5) is 10.1 Å². The minimum absolute atomic E-state index is 0.00861. The van der Waals surface area contributed by atoms with Crippen molar-refractivity contribution in [3.05, 3.63) is 63.9 Å². The van der Waals surface area contributed by atoms with Gasteiger partial charge in [-0.05, 0) is 55.2 Å². The molecule has 0 aromatic heterocycles. The van der Waals surface area contributed by atoms with E-state index in [0.717, 1.165) is 36.2 Å². The van der Waals surface area contributed by atoms with Gasteiger partial charge in [-0.1, -0.05) is 55.1 Å². The molecule has 0 radical (unpaired) electrons. The summed E-state index contributed by atoms with van der Waals surface area (Å²) in [6.45, 7) is 1.25. The Morgan fingerprint density at radius 1 is 1.08 bits per heavy atom. The number of nitrogens with one attached hydrogen (secondary N) is 1. The van der Waals surface area contributed by atoms with E-state index in [1.165, 1.54) is 47.4 Å². The van der Waals surface area contributed by atoms with Crippen molar-refractivity contribution >= 4 is 50.7 Å². The number of anilines is 1. The van der Waals surface area contributed by atoms with Crippen LogP contribution in [0.2, 0.25) is 10.0 Å². The summed E-state index contributed by atoms with van der Waals surface area (Å²) >= 11 is 12.1. The van der Waals surface area contributed by atoms with Crippen molar-refractivity contribution in [3.63, 3.8) is 0 Å². The summed E-state index contributed by atoms with van der Waals surface area (Å²) in [5.74, 6) is -1.30. The number of carbonyl (C=O) groups excluding carboxylic acids is 2. The molecule has 196 valence electrons. The van der Waals surface area contributed by atoms with Crippen molar-refractivity contribution in [2.75, 3.05) is 17.1 Å². The highest BCUT2D eigenvalue weighted by Gasteiger charge is 2.33. The summed E-state index contributed by atoms with van der Waals surface area (Å²) in [6.07, 6.45) is 5.13. The lowest BCUT2D eigenvalue weighted by Gasteiger charge is -2.33. The second-order valence-corrected chi connectivity index (χ2v) is 11.7. The van der Waals surface area contributed by atoms with Gasteiger partial charge < -0.3 is 10.2 Å². The molecule has 1 aliphatic rings. The highest BCUT2D eigenvalue weighted by atomic mass is 35.5. The standard InChI is InChI=1S/C25H30Cl2FN3O4S/c1-3-23(25(33)29-19-6-4-5-7-19)30(15-17-8-10-18(28)11-9-17)24(32)16-31(36(2,34)35)20-12-13-21(26)22(27)14-20/h8-14,19,23H,3-7,15-16H2,1-2H3,(H,29,33). The minimum atomic E-state index is -3.89. The smallest absolute Gasteiger partial charge is 0.244 e. The quantitative estimate of drug-likeness (QED) is 0.456. The zero-order valence-electron chi connectivity index (χ0n) is 20.2. The molecule has 1 unspecified atom stereocenters. The van der Waals surface area contributed by atoms with Gasteiger partial charge in [0.2, 0.25) is 21.8 Å². The summed E-state index contributed by atoms with van der Waals surface area (Å²) in [5.41, 5.74) is 0.780. The molecule has 11 heteroatoms. The number of sulfonamides is 1. The molecule has 1 atom stereocenters. The number of rotatable bonds is 10. The van der Waals surface area contributed by atoms with Crippen molar-refractivity contribution < 1.29 is 22.4 Å². The first-order chi connectivity index (χ1) is 17.0. The third-order valence-electron chi connectivity index (χ3n) is 6.22. The van der Waals surface area contributed by atoms with Crippen molar-refractivity contribution in [3.8, 4) is 0 Å². The zero-order chi connectivity index (χ0) is 26.5. The molecule has 2 amide bonds. The van der Waals surface area contributed by atoms with E-state index < -0.39 is 34.3 Å². The summed E-state index contributed by atoms with van der Waals surface area (Å²) < 4.78 is 39.7. The van der Waals surface area contributed by atoms with Crippen molar-refractivity contribution in [1.82, 2.24) is 10.2 Å². The van der Waals surface area contributed by atoms with E-state index in [2.05, 4.69) is 5.32 Å². The average molecular weight is 559 g/mol. The van der Waals surface area contributed by atoms with E-state index in [4.69, 9.17) is 23.2 Å². The van der Waals surface area contributed by atoms with E-state index in [0.29, 0.717) is 12.0 Å². The van der Waals surface area contributed by atoms with E-state index in [1.807, 2.05) is 0 Å². The van der Waals surface area contributed by atoms with Gasteiger partial charge in [0, 0.05) is 12.6 Å². The first kappa shape index (κ1) is 28.2. The van der Waals surface area contributed by atoms with Gasteiger partial charge in [0.1, 0.15) is 18.4 Å². The maximum absolute atomic E-state index is 13.6. The van der Waals surface area contributed by atoms with Crippen LogP contribution in [0.3, 0.4) is 0 Å². The first-order valence-electron chi connectivity index (χ1n) is 11.8. The van der Waals surface area contributed by atoms with Crippen LogP contribution in [-0.2, 0) is 26.2 Å². The van der Waals surface area contributed by atoms with Gasteiger partial charge in [0.15, 0.2) is 0 Å². The molecule has 0 heterocycles. The van der Waals surface area contributed by atoms with Crippen LogP contribution >= 0.6 is 23.2 Å². The van der Waals surface area contributed by atoms with Crippen molar-refractivity contribution in [2.24, 2.45) is 0 Å². The SMILES string of the molecule is CCC(C(=O)NC1CCCC1)N(Cc1ccc(F)cc1)C(=O)CN(c1ccc(Cl)c(Cl)c1)S(C)(=O)=O. The van der Waals surface area contributed by atoms with Gasteiger partial charge in [0.25, 0.3) is 0 Å². The predicted octanol–water partition coefficient (Wildman–Crippen LogP) is 4.76. The Hall–Kier alpha value is -2.36. The second kappa shape index (κ2) is 12.3. The number of hydrogen-bond donors (Lipinski definition) is 1. The Kier molecular flexibility index (Phi) is 9.60. The Balaban J connectivity index is 1.92. The lowest BCUT2D eigenvalue weighted by molar-refractivity contribution is -0.140. The highest BCUT2D eigenvalue weighted by Crippen LogP contribution is 2.29. The minimum Gasteiger partial charge on any atom is -0.352 e. The first-order valence-corrected chi connectivity index (χ1v) is 14.4. The third-order valence-corrected chi connectivity index (χ3v) is 8.10. The van der Waals surface area contributed by atoms with Gasteiger partial charge in [-0.15, -0.1) is 0 Å². The van der Waals surface area contributed by atoms with Crippen LogP contribution in [0.25, 0.3) is 0 Å². The van der Waals surface area contributed by atoms with Gasteiger partial charge in [-0.25, -0.2) is 12.8 Å². The Bertz CT molecular complexity index is 1190. The molecule has 0 aliphatic heterocycles. The topological polar surface area (TPSA) is 86.8 Å². The lowest BCUT2D eigenvalue weighted by atomic mass is 10.1. The molecule has 1 aliphatic carbocycles. The van der Waals surface area contributed by atoms with Crippen LogP contribution in [0.1, 0.15) is 44.6 Å². The summed E-state index contributed by atoms with van der Waals surface area (Å²) in [4.78, 5) is 28.2. The maximum Gasteiger partial charge on any atom is 0.244 e. The molecule has 7 nitrogen and oxygen atoms in total. The number of benzene rings is 2. The van der Waals surface area contributed by atoms with E-state index in [1.54, 1.807) is 6.92 Å². The van der Waals surface area contributed by atoms with Gasteiger partial charge in [-0.2, -0.15) is 0 Å². The van der Waals surface area contributed by atoms with Crippen molar-refractivity contribution in [1.29, 1.82) is 0 Å². The Morgan fingerprint density at radius 3 is 2.28 bits per heavy atom. The van der Waals surface area contributed by atoms with Crippen LogP contribution in [0.5, 0.6) is 0 Å². The van der Waals surface area contributed by atoms with Crippen LogP contribution in [0.15, 0.2) is 42.5 Å². The maximum atomic E-state index is 13.6. The van der Waals surface area contributed by atoms with Crippen LogP contribution < -0.4 is 9.62 Å². The fraction of sp³-hybridized carbons (Fsp3) is 0.440. The molecule has 2 aromatic carbocycles. The lowest BCUT2D eigenvalue weighted by Crippen LogP contribution is -2.53. The fourth-order valence-electron chi connectivity index (χ4n) is 4.33. The summed E-state index contributed by atoms with van der Waals surface area (Å²) in [6, 6.07) is 9.10. The molecule has 3 rings (SSSR count). The average Bonchev–Trinajstić information content (AvgIpc) is 3.32. The van der Waals surface area contributed by atoms with E-state index >= 15 is 0 Å². The monoisotopic (exact) mass is 557 g/mol. The Morgan fingerprint density at radius 2 is 1.72 bits per heavy atom. The number of carbonyl (C=O) groups is 2. The highest BCUT2D eigenvalue weighted by molar-refractivity contribution is 7.92. The summed E-state index contributed by atoms with van der Waals surface area (Å²) in [7, 11) is -3.89. The zero-order valence-corrected chi connectivity index (χ0v) is 22.5. The molecule has 2 aromatic rings. The van der Waals surface area contributed by atoms with Gasteiger partial charge in [-0.3, -0.25) is 13.9 Å². The van der Waals surface area contributed by atoms with Gasteiger partial charge >= 0.3 is 0 Å². The van der Waals surface area contributed by atoms with E-state index in [9.17, 15) is 22.4 Å². The third kappa shape index (κ3) is 7.33. The second-order valence-electron chi connectivity index (χ2n) is 8.93. The molecule has 0 bridgehead atoms. The number of halogens is 3. The molecule has 36 heavy (non-hydrogen) atoms. The number of amides is 2. The number of hydrogen-bond acceptors (Lipinski definition) is 4. The molecule has 0 spiro atoms. The normalized spacial score (nSPS) is 14.9. The Labute approximate surface area is 221 Å². The molecule has 1 fully saturated rings. The molecular weight excluding hydrogens is 528 g/mol. The molecule has 1 saturated carbocycles. The number of nitrogens with zero attached hydrogens (tertiary/aromatic N) is 2. The van der Waals surface area contributed by atoms with Gasteiger partial charge in [0.05, 0.1) is 22.0 Å².